The summed E-state index contributed by atoms with van der Waals surface area (Å²) < 4.78 is 0. The van der Waals surface area contributed by atoms with Crippen molar-refractivity contribution >= 4 is 18.1 Å². The van der Waals surface area contributed by atoms with Gasteiger partial charge in [-0.15, -0.1) is 0 Å². The summed E-state index contributed by atoms with van der Waals surface area (Å²) in [7, 11) is 0. The van der Waals surface area contributed by atoms with Gasteiger partial charge in [-0.1, -0.05) is 12.1 Å². The molecule has 0 radical (unpaired) electrons. The third kappa shape index (κ3) is 2.37. The topological polar surface area (TPSA) is 67.6 Å². The second-order valence-electron chi connectivity index (χ2n) is 3.93. The molecule has 2 rings (SSSR count). The van der Waals surface area contributed by atoms with E-state index >= 15 is 0 Å². The van der Waals surface area contributed by atoms with Crippen LogP contribution in [0, 0.1) is 0 Å². The number of rotatable bonds is 3. The first-order valence-electron chi connectivity index (χ1n) is 5.47. The van der Waals surface area contributed by atoms with Gasteiger partial charge in [-0.2, -0.15) is 0 Å². The Bertz CT molecular complexity index is 488. The Labute approximate surface area is 101 Å². The average molecular weight is 228 g/mol. The molecule has 1 aromatic rings. The highest BCUT2D eigenvalue weighted by atomic mass is 15.4. The number of aliphatic imine (C=N–C) groups is 1. The van der Waals surface area contributed by atoms with Gasteiger partial charge in [-0.3, -0.25) is 10.0 Å². The molecule has 1 aliphatic rings. The first-order chi connectivity index (χ1) is 8.22. The molecule has 0 heterocycles. The molecule has 4 heteroatoms. The van der Waals surface area contributed by atoms with Crippen LogP contribution in [0.25, 0.3) is 5.70 Å². The molecular weight excluding hydrogens is 212 g/mol. The molecule has 0 aliphatic heterocycles. The summed E-state index contributed by atoms with van der Waals surface area (Å²) in [6.07, 6.45) is 7.33. The normalized spacial score (nSPS) is 14.3. The first kappa shape index (κ1) is 11.4. The van der Waals surface area contributed by atoms with E-state index in [-0.39, 0.29) is 0 Å². The Kier molecular flexibility index (Phi) is 3.25. The standard InChI is InChI=1S/C13H16N4/c1-16-7-8-17(15)13-4-2-3-10-9-11(14)5-6-12(10)13/h4-9H,1-3,14-15H2/b8-7-. The summed E-state index contributed by atoms with van der Waals surface area (Å²) >= 11 is 0. The molecule has 17 heavy (non-hydrogen) atoms. The number of nitrogens with zero attached hydrogens (tertiary/aromatic N) is 2. The maximum Gasteiger partial charge on any atom is 0.0604 e. The lowest BCUT2D eigenvalue weighted by Crippen LogP contribution is -2.25. The molecule has 0 saturated carbocycles. The van der Waals surface area contributed by atoms with Crippen LogP contribution in [0.1, 0.15) is 17.5 Å². The van der Waals surface area contributed by atoms with Crippen LogP contribution in [0.3, 0.4) is 0 Å². The molecule has 0 saturated heterocycles. The fourth-order valence-corrected chi connectivity index (χ4v) is 1.99. The van der Waals surface area contributed by atoms with Crippen molar-refractivity contribution < 1.29 is 0 Å². The molecule has 0 atom stereocenters. The van der Waals surface area contributed by atoms with E-state index in [1.54, 1.807) is 17.4 Å². The van der Waals surface area contributed by atoms with Crippen molar-refractivity contribution in [1.29, 1.82) is 0 Å². The zero-order chi connectivity index (χ0) is 12.3. The minimum absolute atomic E-state index is 0.789. The smallest absolute Gasteiger partial charge is 0.0604 e. The van der Waals surface area contributed by atoms with E-state index in [1.165, 1.54) is 5.56 Å². The number of hydrogen-bond donors (Lipinski definition) is 2. The van der Waals surface area contributed by atoms with Gasteiger partial charge in [-0.25, -0.2) is 5.84 Å². The zero-order valence-corrected chi connectivity index (χ0v) is 9.63. The average Bonchev–Trinajstić information content (AvgIpc) is 2.34. The number of nitrogen functional groups attached to an aromatic ring is 1. The summed E-state index contributed by atoms with van der Waals surface area (Å²) in [5.74, 6) is 5.95. The minimum Gasteiger partial charge on any atom is -0.399 e. The van der Waals surface area contributed by atoms with E-state index in [4.69, 9.17) is 11.6 Å². The Morgan fingerprint density at radius 2 is 2.24 bits per heavy atom. The number of nitrogens with two attached hydrogens (primary N) is 2. The van der Waals surface area contributed by atoms with Gasteiger partial charge in [0.1, 0.15) is 0 Å². The van der Waals surface area contributed by atoms with Crippen LogP contribution in [0.5, 0.6) is 0 Å². The van der Waals surface area contributed by atoms with E-state index < -0.39 is 0 Å². The molecule has 0 aromatic heterocycles. The maximum atomic E-state index is 5.95. The highest BCUT2D eigenvalue weighted by Gasteiger charge is 2.15. The van der Waals surface area contributed by atoms with Gasteiger partial charge in [0, 0.05) is 23.7 Å². The van der Waals surface area contributed by atoms with Gasteiger partial charge in [0.25, 0.3) is 0 Å². The van der Waals surface area contributed by atoms with E-state index in [1.807, 2.05) is 18.2 Å². The van der Waals surface area contributed by atoms with Crippen molar-refractivity contribution in [3.8, 4) is 0 Å². The van der Waals surface area contributed by atoms with Crippen molar-refractivity contribution in [2.75, 3.05) is 5.73 Å². The predicted molar refractivity (Wildman–Crippen MR) is 71.9 cm³/mol. The highest BCUT2D eigenvalue weighted by molar-refractivity contribution is 5.71. The Balaban J connectivity index is 2.35. The molecule has 4 nitrogen and oxygen atoms in total. The fourth-order valence-electron chi connectivity index (χ4n) is 1.99. The van der Waals surface area contributed by atoms with Crippen molar-refractivity contribution in [3.63, 3.8) is 0 Å². The predicted octanol–water partition coefficient (Wildman–Crippen LogP) is 1.90. The van der Waals surface area contributed by atoms with Gasteiger partial charge in [0.05, 0.1) is 5.70 Å². The molecule has 0 bridgehead atoms. The van der Waals surface area contributed by atoms with Gasteiger partial charge in [0.15, 0.2) is 0 Å². The minimum atomic E-state index is 0.789. The number of fused-ring (bicyclic) bond motifs is 1. The Hall–Kier alpha value is -2.07. The van der Waals surface area contributed by atoms with Crippen LogP contribution in [0.2, 0.25) is 0 Å². The molecule has 0 spiro atoms. The molecule has 4 N–H and O–H groups in total. The lowest BCUT2D eigenvalue weighted by molar-refractivity contribution is 0.560. The SMILES string of the molecule is C=N/C=C\N(N)C1=CCCc2cc(N)ccc21. The zero-order valence-electron chi connectivity index (χ0n) is 9.63. The number of hydrazine groups is 1. The van der Waals surface area contributed by atoms with Crippen LogP contribution in [0.15, 0.2) is 41.7 Å². The summed E-state index contributed by atoms with van der Waals surface area (Å²) in [4.78, 5) is 3.64. The van der Waals surface area contributed by atoms with Gasteiger partial charge >= 0.3 is 0 Å². The lowest BCUT2D eigenvalue weighted by atomic mass is 9.94. The Morgan fingerprint density at radius 3 is 3.00 bits per heavy atom. The molecule has 0 fully saturated rings. The van der Waals surface area contributed by atoms with E-state index in [0.29, 0.717) is 0 Å². The molecule has 0 amide bonds. The van der Waals surface area contributed by atoms with Gasteiger partial charge in [-0.05, 0) is 37.3 Å². The second-order valence-corrected chi connectivity index (χ2v) is 3.93. The quantitative estimate of drug-likeness (QED) is 0.359. The van der Waals surface area contributed by atoms with Crippen molar-refractivity contribution in [2.24, 2.45) is 10.8 Å². The highest BCUT2D eigenvalue weighted by Crippen LogP contribution is 2.29. The number of aryl methyl sites for hydroxylation is 1. The number of allylic oxidation sites excluding steroid dienone is 1. The Morgan fingerprint density at radius 1 is 1.41 bits per heavy atom. The van der Waals surface area contributed by atoms with Crippen molar-refractivity contribution in [1.82, 2.24) is 5.01 Å². The molecule has 1 aromatic carbocycles. The molecule has 0 unspecified atom stereocenters. The van der Waals surface area contributed by atoms with Crippen LogP contribution >= 0.6 is 0 Å². The summed E-state index contributed by atoms with van der Waals surface area (Å²) in [6.45, 7) is 3.38. The van der Waals surface area contributed by atoms with Gasteiger partial charge < -0.3 is 5.73 Å². The van der Waals surface area contributed by atoms with E-state index in [0.717, 1.165) is 29.8 Å². The summed E-state index contributed by atoms with van der Waals surface area (Å²) in [5, 5.41) is 1.56. The third-order valence-corrected chi connectivity index (χ3v) is 2.77. The first-order valence-corrected chi connectivity index (χ1v) is 5.47. The summed E-state index contributed by atoms with van der Waals surface area (Å²) in [6, 6.07) is 5.90. The fraction of sp³-hybridized carbons (Fsp3) is 0.154. The molecule has 1 aliphatic carbocycles. The molecule has 88 valence electrons. The van der Waals surface area contributed by atoms with Crippen molar-refractivity contribution in [2.45, 2.75) is 12.8 Å². The lowest BCUT2D eigenvalue weighted by Gasteiger charge is -2.24. The third-order valence-electron chi connectivity index (χ3n) is 2.77. The number of anilines is 1. The maximum absolute atomic E-state index is 5.95. The summed E-state index contributed by atoms with van der Waals surface area (Å²) in [5.41, 5.74) is 9.91. The monoisotopic (exact) mass is 228 g/mol. The van der Waals surface area contributed by atoms with Gasteiger partial charge in [0.2, 0.25) is 0 Å². The van der Waals surface area contributed by atoms with E-state index in [2.05, 4.69) is 17.8 Å². The number of hydrogen-bond acceptors (Lipinski definition) is 4. The molecular formula is C13H16N4. The largest absolute Gasteiger partial charge is 0.399 e. The van der Waals surface area contributed by atoms with Crippen LogP contribution in [0.4, 0.5) is 5.69 Å². The number of benzene rings is 1. The van der Waals surface area contributed by atoms with Crippen LogP contribution in [-0.4, -0.2) is 11.7 Å². The van der Waals surface area contributed by atoms with Crippen LogP contribution in [-0.2, 0) is 6.42 Å². The van der Waals surface area contributed by atoms with Crippen molar-refractivity contribution in [3.05, 3.63) is 47.8 Å². The van der Waals surface area contributed by atoms with Crippen LogP contribution < -0.4 is 11.6 Å². The van der Waals surface area contributed by atoms with E-state index in [9.17, 15) is 0 Å². The second kappa shape index (κ2) is 4.84.